The van der Waals surface area contributed by atoms with E-state index in [1.165, 1.54) is 0 Å². The first kappa shape index (κ1) is 15.7. The zero-order valence-electron chi connectivity index (χ0n) is 12.7. The van der Waals surface area contributed by atoms with Crippen molar-refractivity contribution >= 4 is 28.7 Å². The Morgan fingerprint density at radius 2 is 1.73 bits per heavy atom. The van der Waals surface area contributed by atoms with E-state index in [4.69, 9.17) is 17.2 Å². The van der Waals surface area contributed by atoms with Crippen LogP contribution in [0.5, 0.6) is 0 Å². The van der Waals surface area contributed by atoms with E-state index < -0.39 is 6.04 Å². The van der Waals surface area contributed by atoms with E-state index in [2.05, 4.69) is 5.32 Å². The molecule has 0 heterocycles. The van der Waals surface area contributed by atoms with E-state index in [-0.39, 0.29) is 5.91 Å². The maximum Gasteiger partial charge on any atom is 0.245 e. The number of nitrogens with two attached hydrogens (primary N) is 3. The first-order valence-corrected chi connectivity index (χ1v) is 6.87. The van der Waals surface area contributed by atoms with Crippen molar-refractivity contribution in [2.45, 2.75) is 6.04 Å². The van der Waals surface area contributed by atoms with E-state index in [0.717, 1.165) is 5.69 Å². The molecular weight excluding hydrogens is 278 g/mol. The number of anilines is 4. The summed E-state index contributed by atoms with van der Waals surface area (Å²) in [5, 5.41) is 2.78. The second-order valence-electron chi connectivity index (χ2n) is 5.30. The van der Waals surface area contributed by atoms with Crippen LogP contribution < -0.4 is 27.4 Å². The lowest BCUT2D eigenvalue weighted by molar-refractivity contribution is -0.117. The lowest BCUT2D eigenvalue weighted by Gasteiger charge is -2.16. The molecule has 0 saturated carbocycles. The molecule has 22 heavy (non-hydrogen) atoms. The number of nitrogen functional groups attached to an aromatic ring is 2. The minimum absolute atomic E-state index is 0.325. The fourth-order valence-corrected chi connectivity index (χ4v) is 2.08. The molecule has 0 fully saturated rings. The van der Waals surface area contributed by atoms with Crippen molar-refractivity contribution < 1.29 is 4.79 Å². The molecule has 1 unspecified atom stereocenters. The summed E-state index contributed by atoms with van der Waals surface area (Å²) in [4.78, 5) is 14.2. The summed E-state index contributed by atoms with van der Waals surface area (Å²) >= 11 is 0. The molecule has 0 aliphatic heterocycles. The lowest BCUT2D eigenvalue weighted by atomic mass is 10.0. The average molecular weight is 299 g/mol. The first-order chi connectivity index (χ1) is 10.4. The molecule has 7 N–H and O–H groups in total. The molecule has 0 aromatic heterocycles. The van der Waals surface area contributed by atoms with Gasteiger partial charge in [0.2, 0.25) is 5.91 Å². The molecule has 2 aromatic carbocycles. The van der Waals surface area contributed by atoms with Gasteiger partial charge in [-0.25, -0.2) is 0 Å². The van der Waals surface area contributed by atoms with Gasteiger partial charge in [0.25, 0.3) is 0 Å². The van der Waals surface area contributed by atoms with Crippen LogP contribution in [0.4, 0.5) is 22.7 Å². The van der Waals surface area contributed by atoms with Crippen molar-refractivity contribution in [2.75, 3.05) is 35.8 Å². The number of amides is 1. The predicted molar refractivity (Wildman–Crippen MR) is 91.6 cm³/mol. The summed E-state index contributed by atoms with van der Waals surface area (Å²) in [5.74, 6) is -0.325. The van der Waals surface area contributed by atoms with Gasteiger partial charge in [-0.2, -0.15) is 0 Å². The Labute approximate surface area is 129 Å². The van der Waals surface area contributed by atoms with E-state index in [0.29, 0.717) is 22.6 Å². The number of hydrogen-bond acceptors (Lipinski definition) is 5. The second-order valence-corrected chi connectivity index (χ2v) is 5.30. The molecule has 0 aliphatic carbocycles. The van der Waals surface area contributed by atoms with Crippen molar-refractivity contribution in [3.8, 4) is 0 Å². The van der Waals surface area contributed by atoms with Gasteiger partial charge in [-0.05, 0) is 36.4 Å². The molecule has 0 bridgehead atoms. The van der Waals surface area contributed by atoms with Crippen molar-refractivity contribution in [3.63, 3.8) is 0 Å². The molecule has 0 radical (unpaired) electrons. The normalized spacial score (nSPS) is 11.8. The van der Waals surface area contributed by atoms with Crippen LogP contribution in [-0.4, -0.2) is 20.0 Å². The minimum Gasteiger partial charge on any atom is -0.399 e. The van der Waals surface area contributed by atoms with E-state index in [1.54, 1.807) is 18.2 Å². The van der Waals surface area contributed by atoms with Gasteiger partial charge >= 0.3 is 0 Å². The smallest absolute Gasteiger partial charge is 0.245 e. The third-order valence-corrected chi connectivity index (χ3v) is 3.38. The van der Waals surface area contributed by atoms with Crippen LogP contribution in [0, 0.1) is 0 Å². The Morgan fingerprint density at radius 1 is 1.09 bits per heavy atom. The zero-order chi connectivity index (χ0) is 16.3. The SMILES string of the molecule is CN(C)c1ccc(NC(=O)C(N)c2ccc(N)cc2N)cc1. The quantitative estimate of drug-likeness (QED) is 0.640. The van der Waals surface area contributed by atoms with Crippen LogP contribution in [0.3, 0.4) is 0 Å². The van der Waals surface area contributed by atoms with E-state index in [9.17, 15) is 4.79 Å². The van der Waals surface area contributed by atoms with Gasteiger partial charge in [0, 0.05) is 42.4 Å². The summed E-state index contributed by atoms with van der Waals surface area (Å²) in [5.41, 5.74) is 20.7. The minimum atomic E-state index is -0.853. The molecular formula is C16H21N5O. The second kappa shape index (κ2) is 6.36. The highest BCUT2D eigenvalue weighted by molar-refractivity contribution is 5.96. The summed E-state index contributed by atoms with van der Waals surface area (Å²) in [6, 6.07) is 11.6. The molecule has 116 valence electrons. The number of rotatable bonds is 4. The van der Waals surface area contributed by atoms with Gasteiger partial charge < -0.3 is 27.4 Å². The van der Waals surface area contributed by atoms with Crippen LogP contribution in [-0.2, 0) is 4.79 Å². The van der Waals surface area contributed by atoms with Crippen molar-refractivity contribution in [3.05, 3.63) is 48.0 Å². The fourth-order valence-electron chi connectivity index (χ4n) is 2.08. The maximum atomic E-state index is 12.2. The third kappa shape index (κ3) is 3.48. The van der Waals surface area contributed by atoms with Crippen LogP contribution in [0.25, 0.3) is 0 Å². The first-order valence-electron chi connectivity index (χ1n) is 6.87. The van der Waals surface area contributed by atoms with Gasteiger partial charge in [-0.1, -0.05) is 6.07 Å². The fraction of sp³-hybridized carbons (Fsp3) is 0.188. The number of nitrogens with zero attached hydrogens (tertiary/aromatic N) is 1. The van der Waals surface area contributed by atoms with E-state index in [1.807, 2.05) is 43.3 Å². The molecule has 1 amide bonds. The molecule has 1 atom stereocenters. The van der Waals surface area contributed by atoms with Gasteiger partial charge in [0.1, 0.15) is 6.04 Å². The molecule has 2 aromatic rings. The Balaban J connectivity index is 2.11. The number of carbonyl (C=O) groups is 1. The largest absolute Gasteiger partial charge is 0.399 e. The highest BCUT2D eigenvalue weighted by Gasteiger charge is 2.18. The van der Waals surface area contributed by atoms with Crippen molar-refractivity contribution in [1.82, 2.24) is 0 Å². The Hall–Kier alpha value is -2.73. The molecule has 0 aliphatic rings. The highest BCUT2D eigenvalue weighted by atomic mass is 16.2. The molecule has 0 spiro atoms. The molecule has 0 saturated heterocycles. The number of benzene rings is 2. The number of hydrogen-bond donors (Lipinski definition) is 4. The number of nitrogens with one attached hydrogen (secondary N) is 1. The van der Waals surface area contributed by atoms with Crippen LogP contribution in [0.2, 0.25) is 0 Å². The number of carbonyl (C=O) groups excluding carboxylic acids is 1. The summed E-state index contributed by atoms with van der Waals surface area (Å²) in [6.45, 7) is 0. The van der Waals surface area contributed by atoms with Gasteiger partial charge in [0.15, 0.2) is 0 Å². The van der Waals surface area contributed by atoms with Crippen molar-refractivity contribution in [2.24, 2.45) is 5.73 Å². The van der Waals surface area contributed by atoms with Crippen LogP contribution >= 0.6 is 0 Å². The molecule has 6 heteroatoms. The summed E-state index contributed by atoms with van der Waals surface area (Å²) in [6.07, 6.45) is 0. The Kier molecular flexibility index (Phi) is 4.53. The zero-order valence-corrected chi connectivity index (χ0v) is 12.7. The van der Waals surface area contributed by atoms with Crippen LogP contribution in [0.1, 0.15) is 11.6 Å². The predicted octanol–water partition coefficient (Wildman–Crippen LogP) is 1.56. The monoisotopic (exact) mass is 299 g/mol. The Bertz CT molecular complexity index is 667. The summed E-state index contributed by atoms with van der Waals surface area (Å²) < 4.78 is 0. The van der Waals surface area contributed by atoms with Gasteiger partial charge in [-0.15, -0.1) is 0 Å². The average Bonchev–Trinajstić information content (AvgIpc) is 2.47. The molecule has 2 rings (SSSR count). The van der Waals surface area contributed by atoms with Crippen molar-refractivity contribution in [1.29, 1.82) is 0 Å². The lowest BCUT2D eigenvalue weighted by Crippen LogP contribution is -2.28. The highest BCUT2D eigenvalue weighted by Crippen LogP contribution is 2.23. The van der Waals surface area contributed by atoms with Gasteiger partial charge in [0.05, 0.1) is 0 Å². The van der Waals surface area contributed by atoms with Gasteiger partial charge in [-0.3, -0.25) is 4.79 Å². The van der Waals surface area contributed by atoms with E-state index >= 15 is 0 Å². The third-order valence-electron chi connectivity index (χ3n) is 3.38. The standard InChI is InChI=1S/C16H21N5O/c1-21(2)12-6-4-11(5-7-12)20-16(22)15(19)13-8-3-10(17)9-14(13)18/h3-9,15H,17-19H2,1-2H3,(H,20,22). The molecule has 6 nitrogen and oxygen atoms in total. The Morgan fingerprint density at radius 3 is 2.27 bits per heavy atom. The maximum absolute atomic E-state index is 12.2. The topological polar surface area (TPSA) is 110 Å². The van der Waals surface area contributed by atoms with Crippen LogP contribution in [0.15, 0.2) is 42.5 Å². The summed E-state index contributed by atoms with van der Waals surface area (Å²) in [7, 11) is 3.90.